The van der Waals surface area contributed by atoms with Crippen LogP contribution in [0.3, 0.4) is 0 Å². The molecule has 0 saturated heterocycles. The molecule has 0 aliphatic carbocycles. The van der Waals surface area contributed by atoms with Crippen molar-refractivity contribution in [2.24, 2.45) is 0 Å². The molecule has 0 saturated carbocycles. The van der Waals surface area contributed by atoms with E-state index in [1.165, 1.54) is 5.56 Å². The summed E-state index contributed by atoms with van der Waals surface area (Å²) in [4.78, 5) is 11.2. The molecule has 4 heteroatoms. The minimum absolute atomic E-state index is 0.835. The van der Waals surface area contributed by atoms with Crippen molar-refractivity contribution < 1.29 is 0 Å². The van der Waals surface area contributed by atoms with Gasteiger partial charge in [0.2, 0.25) is 0 Å². The van der Waals surface area contributed by atoms with Gasteiger partial charge in [-0.25, -0.2) is 4.98 Å². The normalized spacial score (nSPS) is 10.8. The molecule has 0 aliphatic rings. The maximum atomic E-state index is 4.54. The van der Waals surface area contributed by atoms with Gasteiger partial charge in [-0.1, -0.05) is 12.1 Å². The maximum absolute atomic E-state index is 4.54. The Hall–Kier alpha value is -1.94. The van der Waals surface area contributed by atoms with Crippen molar-refractivity contribution in [3.05, 3.63) is 53.5 Å². The molecule has 0 amide bonds. The zero-order chi connectivity index (χ0) is 14.4. The van der Waals surface area contributed by atoms with Gasteiger partial charge < -0.3 is 5.32 Å². The minimum atomic E-state index is 0.835. The van der Waals surface area contributed by atoms with Gasteiger partial charge in [0, 0.05) is 37.1 Å². The van der Waals surface area contributed by atoms with E-state index < -0.39 is 0 Å². The molecule has 2 heterocycles. The standard InChI is InChI=1S/C16H22N4/c1-4-17-16-14(8-6-10-18-16)11-20(3)12-15-9-5-7-13(2)19-15/h5-10H,4,11-12H2,1-3H3,(H,17,18). The lowest BCUT2D eigenvalue weighted by atomic mass is 10.2. The predicted molar refractivity (Wildman–Crippen MR) is 82.5 cm³/mol. The first kappa shape index (κ1) is 14.5. The number of aromatic nitrogens is 2. The summed E-state index contributed by atoms with van der Waals surface area (Å²) in [5, 5.41) is 3.30. The fourth-order valence-electron chi connectivity index (χ4n) is 2.20. The topological polar surface area (TPSA) is 41.1 Å². The average molecular weight is 270 g/mol. The average Bonchev–Trinajstić information content (AvgIpc) is 2.41. The van der Waals surface area contributed by atoms with Crippen LogP contribution >= 0.6 is 0 Å². The molecule has 20 heavy (non-hydrogen) atoms. The van der Waals surface area contributed by atoms with Crippen molar-refractivity contribution in [1.29, 1.82) is 0 Å². The van der Waals surface area contributed by atoms with Crippen LogP contribution in [0.5, 0.6) is 0 Å². The van der Waals surface area contributed by atoms with Crippen LogP contribution in [0.2, 0.25) is 0 Å². The number of hydrogen-bond acceptors (Lipinski definition) is 4. The number of hydrogen-bond donors (Lipinski definition) is 1. The quantitative estimate of drug-likeness (QED) is 0.876. The lowest BCUT2D eigenvalue weighted by Gasteiger charge is -2.18. The van der Waals surface area contributed by atoms with Crippen molar-refractivity contribution in [1.82, 2.24) is 14.9 Å². The molecule has 4 nitrogen and oxygen atoms in total. The molecule has 2 aromatic rings. The summed E-state index contributed by atoms with van der Waals surface area (Å²) in [7, 11) is 2.10. The van der Waals surface area contributed by atoms with Crippen molar-refractivity contribution in [2.45, 2.75) is 26.9 Å². The van der Waals surface area contributed by atoms with Crippen LogP contribution < -0.4 is 5.32 Å². The highest BCUT2D eigenvalue weighted by atomic mass is 15.1. The third-order valence-electron chi connectivity index (χ3n) is 3.05. The Morgan fingerprint density at radius 1 is 1.15 bits per heavy atom. The molecule has 0 bridgehead atoms. The molecule has 0 aliphatic heterocycles. The molecule has 0 fully saturated rings. The molecular weight excluding hydrogens is 248 g/mol. The van der Waals surface area contributed by atoms with E-state index in [4.69, 9.17) is 0 Å². The van der Waals surface area contributed by atoms with Gasteiger partial charge in [-0.3, -0.25) is 9.88 Å². The molecule has 0 aromatic carbocycles. The van der Waals surface area contributed by atoms with Crippen LogP contribution in [0.25, 0.3) is 0 Å². The number of nitrogens with one attached hydrogen (secondary N) is 1. The molecule has 2 aromatic heterocycles. The largest absolute Gasteiger partial charge is 0.370 e. The number of nitrogens with zero attached hydrogens (tertiary/aromatic N) is 3. The zero-order valence-electron chi connectivity index (χ0n) is 12.4. The lowest BCUT2D eigenvalue weighted by Crippen LogP contribution is -2.19. The Morgan fingerprint density at radius 3 is 2.75 bits per heavy atom. The molecule has 2 rings (SSSR count). The van der Waals surface area contributed by atoms with Crippen LogP contribution in [-0.2, 0) is 13.1 Å². The predicted octanol–water partition coefficient (Wildman–Crippen LogP) is 2.85. The number of aryl methyl sites for hydroxylation is 1. The van der Waals surface area contributed by atoms with Crippen LogP contribution in [0, 0.1) is 6.92 Å². The first-order chi connectivity index (χ1) is 9.69. The first-order valence-corrected chi connectivity index (χ1v) is 6.98. The summed E-state index contributed by atoms with van der Waals surface area (Å²) in [6.07, 6.45) is 1.82. The Morgan fingerprint density at radius 2 is 2.00 bits per heavy atom. The van der Waals surface area contributed by atoms with Crippen LogP contribution in [0.4, 0.5) is 5.82 Å². The minimum Gasteiger partial charge on any atom is -0.370 e. The zero-order valence-corrected chi connectivity index (χ0v) is 12.4. The monoisotopic (exact) mass is 270 g/mol. The third kappa shape index (κ3) is 4.03. The van der Waals surface area contributed by atoms with E-state index in [-0.39, 0.29) is 0 Å². The van der Waals surface area contributed by atoms with E-state index in [1.807, 2.05) is 25.3 Å². The van der Waals surface area contributed by atoms with Crippen LogP contribution in [0.1, 0.15) is 23.9 Å². The smallest absolute Gasteiger partial charge is 0.130 e. The molecule has 1 N–H and O–H groups in total. The van der Waals surface area contributed by atoms with Crippen molar-refractivity contribution in [3.63, 3.8) is 0 Å². The highest BCUT2D eigenvalue weighted by Crippen LogP contribution is 2.14. The van der Waals surface area contributed by atoms with Gasteiger partial charge in [-0.2, -0.15) is 0 Å². The molecule has 0 radical (unpaired) electrons. The number of rotatable bonds is 6. The SMILES string of the molecule is CCNc1ncccc1CN(C)Cc1cccc(C)n1. The van der Waals surface area contributed by atoms with E-state index in [9.17, 15) is 0 Å². The summed E-state index contributed by atoms with van der Waals surface area (Å²) >= 11 is 0. The third-order valence-corrected chi connectivity index (χ3v) is 3.05. The van der Waals surface area contributed by atoms with Crippen molar-refractivity contribution >= 4 is 5.82 Å². The molecular formula is C16H22N4. The van der Waals surface area contributed by atoms with E-state index in [0.29, 0.717) is 0 Å². The van der Waals surface area contributed by atoms with Gasteiger partial charge >= 0.3 is 0 Å². The van der Waals surface area contributed by atoms with Gasteiger partial charge in [0.15, 0.2) is 0 Å². The molecule has 0 unspecified atom stereocenters. The lowest BCUT2D eigenvalue weighted by molar-refractivity contribution is 0.315. The second kappa shape index (κ2) is 7.01. The highest BCUT2D eigenvalue weighted by Gasteiger charge is 2.07. The van der Waals surface area contributed by atoms with Gasteiger partial charge in [-0.05, 0) is 39.1 Å². The number of pyridine rings is 2. The van der Waals surface area contributed by atoms with Gasteiger partial charge in [0.25, 0.3) is 0 Å². The maximum Gasteiger partial charge on any atom is 0.130 e. The highest BCUT2D eigenvalue weighted by molar-refractivity contribution is 5.43. The Bertz CT molecular complexity index is 554. The Labute approximate surface area is 120 Å². The molecule has 0 atom stereocenters. The number of anilines is 1. The Kier molecular flexibility index (Phi) is 5.07. The van der Waals surface area contributed by atoms with Crippen LogP contribution in [-0.4, -0.2) is 28.5 Å². The van der Waals surface area contributed by atoms with Crippen LogP contribution in [0.15, 0.2) is 36.5 Å². The van der Waals surface area contributed by atoms with E-state index in [2.05, 4.69) is 52.4 Å². The summed E-state index contributed by atoms with van der Waals surface area (Å²) in [6, 6.07) is 10.2. The summed E-state index contributed by atoms with van der Waals surface area (Å²) < 4.78 is 0. The fourth-order valence-corrected chi connectivity index (χ4v) is 2.20. The second-order valence-electron chi connectivity index (χ2n) is 4.98. The van der Waals surface area contributed by atoms with E-state index in [0.717, 1.165) is 36.8 Å². The van der Waals surface area contributed by atoms with Gasteiger partial charge in [0.05, 0.1) is 5.69 Å². The summed E-state index contributed by atoms with van der Waals surface area (Å²) in [5.41, 5.74) is 3.37. The Balaban J connectivity index is 2.02. The summed E-state index contributed by atoms with van der Waals surface area (Å²) in [5.74, 6) is 0.971. The van der Waals surface area contributed by atoms with Gasteiger partial charge in [0.1, 0.15) is 5.82 Å². The van der Waals surface area contributed by atoms with E-state index >= 15 is 0 Å². The van der Waals surface area contributed by atoms with Crippen molar-refractivity contribution in [2.75, 3.05) is 18.9 Å². The molecule has 0 spiro atoms. The second-order valence-corrected chi connectivity index (χ2v) is 4.98. The van der Waals surface area contributed by atoms with Gasteiger partial charge in [-0.15, -0.1) is 0 Å². The first-order valence-electron chi connectivity index (χ1n) is 6.98. The molecule has 106 valence electrons. The van der Waals surface area contributed by atoms with Crippen molar-refractivity contribution in [3.8, 4) is 0 Å². The van der Waals surface area contributed by atoms with E-state index in [1.54, 1.807) is 0 Å². The fraction of sp³-hybridized carbons (Fsp3) is 0.375. The summed E-state index contributed by atoms with van der Waals surface area (Å²) in [6.45, 7) is 6.67.